The third-order valence-electron chi connectivity index (χ3n) is 5.09. The lowest BCUT2D eigenvalue weighted by molar-refractivity contribution is -0.118. The second-order valence-electron chi connectivity index (χ2n) is 8.23. The Labute approximate surface area is 202 Å². The van der Waals surface area contributed by atoms with Crippen LogP contribution in [0.3, 0.4) is 0 Å². The average Bonchev–Trinajstić information content (AvgIpc) is 3.13. The zero-order chi connectivity index (χ0) is 23.5. The maximum Gasteiger partial charge on any atom is 0.233 e. The van der Waals surface area contributed by atoms with Gasteiger partial charge in [-0.25, -0.2) is 13.4 Å². The molecule has 6 nitrogen and oxygen atoms in total. The van der Waals surface area contributed by atoms with Gasteiger partial charge in [-0.2, -0.15) is 0 Å². The van der Waals surface area contributed by atoms with E-state index in [4.69, 9.17) is 4.98 Å². The highest BCUT2D eigenvalue weighted by atomic mass is 79.9. The van der Waals surface area contributed by atoms with Gasteiger partial charge in [0.25, 0.3) is 0 Å². The van der Waals surface area contributed by atoms with Crippen molar-refractivity contribution in [1.82, 2.24) is 9.88 Å². The maximum absolute atomic E-state index is 13.3. The number of amides is 1. The predicted octanol–water partition coefficient (Wildman–Crippen LogP) is 4.77. The third kappa shape index (κ3) is 5.95. The molecule has 0 aliphatic carbocycles. The second kappa shape index (κ2) is 10.4. The number of rotatable bonds is 9. The number of hydrogen-bond acceptors (Lipinski definition) is 6. The van der Waals surface area contributed by atoms with E-state index < -0.39 is 15.1 Å². The van der Waals surface area contributed by atoms with E-state index >= 15 is 0 Å². The lowest BCUT2D eigenvalue weighted by Crippen LogP contribution is -2.34. The van der Waals surface area contributed by atoms with Gasteiger partial charge in [0.1, 0.15) is 0 Å². The van der Waals surface area contributed by atoms with Crippen molar-refractivity contribution in [2.45, 2.75) is 36.8 Å². The molecule has 0 aliphatic heterocycles. The largest absolute Gasteiger partial charge is 0.309 e. The standard InChI is InChI=1S/C23H28BrN3O3S2/c1-16(2)32(29,30)19-9-6-17(7-10-19)14-22(28)27(13-5-12-26(3)4)23-25-20-11-8-18(24)15-21(20)31-23/h6-11,15-16H,5,12-14H2,1-4H3. The number of fused-ring (bicyclic) bond motifs is 1. The van der Waals surface area contributed by atoms with Crippen molar-refractivity contribution in [1.29, 1.82) is 0 Å². The molecule has 9 heteroatoms. The van der Waals surface area contributed by atoms with E-state index in [0.717, 1.165) is 33.2 Å². The Morgan fingerprint density at radius 2 is 1.78 bits per heavy atom. The van der Waals surface area contributed by atoms with E-state index in [9.17, 15) is 13.2 Å². The summed E-state index contributed by atoms with van der Waals surface area (Å²) in [4.78, 5) is 22.1. The fourth-order valence-corrected chi connectivity index (χ4v) is 5.83. The minimum Gasteiger partial charge on any atom is -0.309 e. The summed E-state index contributed by atoms with van der Waals surface area (Å²) in [5.41, 5.74) is 1.64. The first-order chi connectivity index (χ1) is 15.1. The topological polar surface area (TPSA) is 70.6 Å². The first kappa shape index (κ1) is 24.8. The highest BCUT2D eigenvalue weighted by molar-refractivity contribution is 9.10. The lowest BCUT2D eigenvalue weighted by Gasteiger charge is -2.21. The number of thiazole rings is 1. The highest BCUT2D eigenvalue weighted by Gasteiger charge is 2.22. The molecule has 1 aromatic heterocycles. The van der Waals surface area contributed by atoms with Gasteiger partial charge in [0.2, 0.25) is 5.91 Å². The van der Waals surface area contributed by atoms with Gasteiger partial charge >= 0.3 is 0 Å². The second-order valence-corrected chi connectivity index (χ2v) is 12.7. The van der Waals surface area contributed by atoms with Crippen LogP contribution in [0.25, 0.3) is 10.2 Å². The lowest BCUT2D eigenvalue weighted by atomic mass is 10.1. The third-order valence-corrected chi connectivity index (χ3v) is 8.79. The number of halogens is 1. The Morgan fingerprint density at radius 1 is 1.09 bits per heavy atom. The summed E-state index contributed by atoms with van der Waals surface area (Å²) in [6.45, 7) is 4.75. The van der Waals surface area contributed by atoms with Crippen molar-refractivity contribution >= 4 is 58.4 Å². The van der Waals surface area contributed by atoms with Crippen LogP contribution in [0.4, 0.5) is 5.13 Å². The first-order valence-corrected chi connectivity index (χ1v) is 13.6. The van der Waals surface area contributed by atoms with Crippen LogP contribution in [0.5, 0.6) is 0 Å². The number of benzene rings is 2. The zero-order valence-corrected chi connectivity index (χ0v) is 21.9. The predicted molar refractivity (Wildman–Crippen MR) is 135 cm³/mol. The number of aromatic nitrogens is 1. The SMILES string of the molecule is CC(C)S(=O)(=O)c1ccc(CC(=O)N(CCCN(C)C)c2nc3ccc(Br)cc3s2)cc1. The summed E-state index contributed by atoms with van der Waals surface area (Å²) < 4.78 is 26.7. The van der Waals surface area contributed by atoms with Crippen LogP contribution in [-0.2, 0) is 21.1 Å². The van der Waals surface area contributed by atoms with Gasteiger partial charge in [-0.3, -0.25) is 9.69 Å². The fourth-order valence-electron chi connectivity index (χ4n) is 3.21. The molecule has 2 aromatic carbocycles. The molecule has 0 atom stereocenters. The first-order valence-electron chi connectivity index (χ1n) is 10.4. The van der Waals surface area contributed by atoms with Crippen LogP contribution >= 0.6 is 27.3 Å². The smallest absolute Gasteiger partial charge is 0.233 e. The van der Waals surface area contributed by atoms with Crippen LogP contribution in [0.1, 0.15) is 25.8 Å². The van der Waals surface area contributed by atoms with Crippen molar-refractivity contribution < 1.29 is 13.2 Å². The summed E-state index contributed by atoms with van der Waals surface area (Å²) in [6, 6.07) is 12.5. The number of carbonyl (C=O) groups excluding carboxylic acids is 1. The van der Waals surface area contributed by atoms with Gasteiger partial charge < -0.3 is 4.90 Å². The minimum absolute atomic E-state index is 0.0543. The molecule has 0 unspecified atom stereocenters. The summed E-state index contributed by atoms with van der Waals surface area (Å²) in [6.07, 6.45) is 1.01. The number of nitrogens with zero attached hydrogens (tertiary/aromatic N) is 3. The average molecular weight is 539 g/mol. The summed E-state index contributed by atoms with van der Waals surface area (Å²) in [5.74, 6) is -0.0543. The van der Waals surface area contributed by atoms with E-state index in [-0.39, 0.29) is 17.2 Å². The molecule has 1 heterocycles. The van der Waals surface area contributed by atoms with Gasteiger partial charge in [-0.05, 0) is 76.8 Å². The zero-order valence-electron chi connectivity index (χ0n) is 18.7. The summed E-state index contributed by atoms with van der Waals surface area (Å²) in [7, 11) is 0.684. The quantitative estimate of drug-likeness (QED) is 0.393. The Balaban J connectivity index is 1.83. The summed E-state index contributed by atoms with van der Waals surface area (Å²) in [5, 5.41) is 0.196. The number of hydrogen-bond donors (Lipinski definition) is 0. The molecule has 1 amide bonds. The van der Waals surface area contributed by atoms with Gasteiger partial charge in [0.15, 0.2) is 15.0 Å². The Hall–Kier alpha value is -1.81. The molecule has 32 heavy (non-hydrogen) atoms. The molecule has 3 rings (SSSR count). The van der Waals surface area contributed by atoms with Crippen molar-refractivity contribution in [3.63, 3.8) is 0 Å². The van der Waals surface area contributed by atoms with E-state index in [1.165, 1.54) is 11.3 Å². The van der Waals surface area contributed by atoms with Crippen LogP contribution < -0.4 is 4.90 Å². The molecule has 0 radical (unpaired) electrons. The molecule has 0 spiro atoms. The van der Waals surface area contributed by atoms with E-state index in [1.807, 2.05) is 32.3 Å². The van der Waals surface area contributed by atoms with Gasteiger partial charge in [-0.1, -0.05) is 39.4 Å². The molecule has 0 fully saturated rings. The Kier molecular flexibility index (Phi) is 8.08. The van der Waals surface area contributed by atoms with E-state index in [2.05, 4.69) is 20.8 Å². The van der Waals surface area contributed by atoms with Crippen LogP contribution in [0.2, 0.25) is 0 Å². The van der Waals surface area contributed by atoms with Crippen molar-refractivity contribution in [3.05, 3.63) is 52.5 Å². The van der Waals surface area contributed by atoms with Crippen molar-refractivity contribution in [2.24, 2.45) is 0 Å². The molecule has 0 N–H and O–H groups in total. The molecule has 172 valence electrons. The van der Waals surface area contributed by atoms with Gasteiger partial charge in [0, 0.05) is 11.0 Å². The number of anilines is 1. The van der Waals surface area contributed by atoms with Crippen LogP contribution in [-0.4, -0.2) is 56.6 Å². The maximum atomic E-state index is 13.3. The molecule has 0 saturated heterocycles. The molecular formula is C23H28BrN3O3S2. The molecule has 0 aliphatic rings. The molecule has 3 aromatic rings. The normalized spacial score (nSPS) is 12.1. The monoisotopic (exact) mass is 537 g/mol. The fraction of sp³-hybridized carbons (Fsp3) is 0.391. The molecular weight excluding hydrogens is 510 g/mol. The Morgan fingerprint density at radius 3 is 2.41 bits per heavy atom. The van der Waals surface area contributed by atoms with Crippen molar-refractivity contribution in [2.75, 3.05) is 32.1 Å². The van der Waals surface area contributed by atoms with Crippen LogP contribution in [0, 0.1) is 0 Å². The molecule has 0 bridgehead atoms. The Bertz CT molecular complexity index is 1190. The van der Waals surface area contributed by atoms with E-state index in [1.54, 1.807) is 43.0 Å². The van der Waals surface area contributed by atoms with Crippen LogP contribution in [0.15, 0.2) is 51.8 Å². The molecule has 0 saturated carbocycles. The van der Waals surface area contributed by atoms with Gasteiger partial charge in [0.05, 0.1) is 26.8 Å². The number of carbonyl (C=O) groups is 1. The summed E-state index contributed by atoms with van der Waals surface area (Å²) >= 11 is 4.99. The van der Waals surface area contributed by atoms with Crippen molar-refractivity contribution in [3.8, 4) is 0 Å². The number of sulfone groups is 1. The highest BCUT2D eigenvalue weighted by Crippen LogP contribution is 2.31. The van der Waals surface area contributed by atoms with E-state index in [0.29, 0.717) is 11.7 Å². The van der Waals surface area contributed by atoms with Gasteiger partial charge in [-0.15, -0.1) is 0 Å². The minimum atomic E-state index is -3.33.